The number of benzene rings is 1. The largest absolute Gasteiger partial charge is 0.464 e. The van der Waals surface area contributed by atoms with E-state index in [1.807, 2.05) is 72.7 Å². The lowest BCUT2D eigenvalue weighted by Crippen LogP contribution is -2.61. The number of halogens is 3. The summed E-state index contributed by atoms with van der Waals surface area (Å²) >= 11 is 0. The highest BCUT2D eigenvalue weighted by Gasteiger charge is 2.54. The van der Waals surface area contributed by atoms with Crippen LogP contribution in [0, 0.1) is 28.6 Å². The van der Waals surface area contributed by atoms with Gasteiger partial charge < -0.3 is 38.8 Å². The van der Waals surface area contributed by atoms with Crippen LogP contribution in [-0.2, 0) is 51.1 Å². The molecular weight excluding hydrogens is 984 g/mol. The molecule has 4 amide bonds. The van der Waals surface area contributed by atoms with Crippen LogP contribution in [0.2, 0.25) is 0 Å². The van der Waals surface area contributed by atoms with Crippen LogP contribution < -0.4 is 15.6 Å². The number of alkyl halides is 3. The lowest BCUT2D eigenvalue weighted by atomic mass is 9.84. The van der Waals surface area contributed by atoms with Gasteiger partial charge in [0.05, 0.1) is 48.3 Å². The zero-order chi connectivity index (χ0) is 55.5. The Balaban J connectivity index is 1.04. The molecule has 2 N–H and O–H groups in total. The summed E-state index contributed by atoms with van der Waals surface area (Å²) in [5.41, 5.74) is 4.14. The van der Waals surface area contributed by atoms with Crippen molar-refractivity contribution in [2.45, 2.75) is 136 Å². The fourth-order valence-electron chi connectivity index (χ4n) is 10.8. The molecule has 0 saturated carbocycles. The van der Waals surface area contributed by atoms with Crippen LogP contribution in [0.25, 0.3) is 22.2 Å². The Morgan fingerprint density at radius 1 is 1.01 bits per heavy atom. The van der Waals surface area contributed by atoms with E-state index in [4.69, 9.17) is 14.2 Å². The van der Waals surface area contributed by atoms with Crippen LogP contribution in [0.5, 0.6) is 0 Å². The number of ether oxygens (including phenoxy) is 3. The van der Waals surface area contributed by atoms with Crippen molar-refractivity contribution >= 4 is 46.2 Å². The maximum atomic E-state index is 14.6. The van der Waals surface area contributed by atoms with E-state index in [9.17, 15) is 37.1 Å². The van der Waals surface area contributed by atoms with E-state index in [0.29, 0.717) is 98.5 Å². The lowest BCUT2D eigenvalue weighted by molar-refractivity contribution is -0.155. The number of morpholine rings is 1. The van der Waals surface area contributed by atoms with E-state index >= 15 is 0 Å². The quantitative estimate of drug-likeness (QED) is 0.117. The highest BCUT2D eigenvalue weighted by Crippen LogP contribution is 2.44. The average Bonchev–Trinajstić information content (AvgIpc) is 4.14. The third kappa shape index (κ3) is 12.8. The first kappa shape index (κ1) is 57.9. The molecule has 0 unspecified atom stereocenters. The van der Waals surface area contributed by atoms with Gasteiger partial charge in [0.15, 0.2) is 0 Å². The van der Waals surface area contributed by atoms with Crippen molar-refractivity contribution < 1.29 is 51.4 Å². The molecule has 3 aromatic rings. The summed E-state index contributed by atoms with van der Waals surface area (Å²) in [7, 11) is 5.30. The predicted octanol–water partition coefficient (Wildman–Crippen LogP) is 6.13. The van der Waals surface area contributed by atoms with Crippen LogP contribution in [0.15, 0.2) is 36.5 Å². The van der Waals surface area contributed by atoms with Gasteiger partial charge in [-0.1, -0.05) is 40.5 Å². The molecule has 6 heterocycles. The van der Waals surface area contributed by atoms with Gasteiger partial charge in [0.2, 0.25) is 11.8 Å². The van der Waals surface area contributed by atoms with Gasteiger partial charge in [-0.25, -0.2) is 5.43 Å². The highest BCUT2D eigenvalue weighted by molar-refractivity contribution is 5.98. The van der Waals surface area contributed by atoms with Gasteiger partial charge in [0.25, 0.3) is 11.8 Å². The Labute approximate surface area is 445 Å². The van der Waals surface area contributed by atoms with Gasteiger partial charge in [0, 0.05) is 80.1 Å². The van der Waals surface area contributed by atoms with Gasteiger partial charge in [0.1, 0.15) is 24.7 Å². The molecule has 1 aromatic carbocycles. The average molecular weight is 1060 g/mol. The van der Waals surface area contributed by atoms with Gasteiger partial charge in [-0.3, -0.25) is 38.9 Å². The number of carbonyl (C=O) groups is 5. The lowest BCUT2D eigenvalue weighted by Gasteiger charge is -2.36. The van der Waals surface area contributed by atoms with Gasteiger partial charge >= 0.3 is 12.1 Å². The minimum Gasteiger partial charge on any atom is -0.464 e. The number of carbonyl (C=O) groups excluding carboxylic acids is 5. The molecule has 4 aliphatic heterocycles. The summed E-state index contributed by atoms with van der Waals surface area (Å²) in [5, 5.41) is 4.92. The number of methoxy groups -OCH3 is 1. The number of aromatic nitrogens is 2. The third-order valence-corrected chi connectivity index (χ3v) is 15.7. The molecular formula is C56H78F3N9O8. The van der Waals surface area contributed by atoms with Gasteiger partial charge in [-0.2, -0.15) is 13.2 Å². The van der Waals surface area contributed by atoms with Crippen molar-refractivity contribution in [2.75, 3.05) is 85.2 Å². The molecule has 17 nitrogen and oxygen atoms in total. The molecule has 416 valence electrons. The number of amides is 4. The summed E-state index contributed by atoms with van der Waals surface area (Å²) in [5.74, 6) is 3.48. The van der Waals surface area contributed by atoms with Crippen LogP contribution in [0.3, 0.4) is 0 Å². The van der Waals surface area contributed by atoms with Crippen molar-refractivity contribution in [3.05, 3.63) is 47.8 Å². The fourth-order valence-corrected chi connectivity index (χ4v) is 10.8. The van der Waals surface area contributed by atoms with E-state index in [-0.39, 0.29) is 50.3 Å². The zero-order valence-electron chi connectivity index (χ0n) is 46.2. The molecule has 0 radical (unpaired) electrons. The summed E-state index contributed by atoms with van der Waals surface area (Å²) in [6.07, 6.45) is -1.29. The minimum atomic E-state index is -4.57. The molecule has 20 heteroatoms. The van der Waals surface area contributed by atoms with Crippen LogP contribution in [0.4, 0.5) is 18.9 Å². The molecule has 5 atom stereocenters. The molecule has 7 rings (SSSR count). The van der Waals surface area contributed by atoms with Crippen molar-refractivity contribution in [3.63, 3.8) is 0 Å². The maximum absolute atomic E-state index is 14.6. The Kier molecular flexibility index (Phi) is 17.9. The summed E-state index contributed by atoms with van der Waals surface area (Å²) < 4.78 is 62.5. The van der Waals surface area contributed by atoms with Crippen molar-refractivity contribution in [2.24, 2.45) is 16.7 Å². The van der Waals surface area contributed by atoms with E-state index in [1.165, 1.54) is 16.7 Å². The van der Waals surface area contributed by atoms with E-state index in [2.05, 4.69) is 32.5 Å². The number of nitrogens with zero attached hydrogens (tertiary/aromatic N) is 7. The smallest absolute Gasteiger partial charge is 0.406 e. The first-order valence-electron chi connectivity index (χ1n) is 26.7. The fraction of sp³-hybridized carbons (Fsp3) is 0.643. The van der Waals surface area contributed by atoms with E-state index in [0.717, 1.165) is 5.69 Å². The highest BCUT2D eigenvalue weighted by atomic mass is 19.4. The summed E-state index contributed by atoms with van der Waals surface area (Å²) in [6.45, 7) is 17.1. The van der Waals surface area contributed by atoms with Crippen molar-refractivity contribution in [1.29, 1.82) is 0 Å². The normalized spacial score (nSPS) is 20.8. The second-order valence-electron chi connectivity index (χ2n) is 22.8. The number of hydrogen-bond acceptors (Lipinski definition) is 12. The van der Waals surface area contributed by atoms with Crippen molar-refractivity contribution in [1.82, 2.24) is 40.0 Å². The standard InChI is InChI=1S/C56H78F3N9O8/c1-12-42(61-49(70)47(36(2)3)66-26-22-55(52(66)73)21-25-65(33-55)45(69)19-20-54(7,8)63(9)10)50(71)68-24-14-16-43(62-68)51(72)76-35-53(5,6)32-41-40-31-38(64-27-29-75-30-28-64)17-18-44(40)67(34-56(57,58)59)48(41)39-15-13-23-60-46(39)37(4)74-11/h13,15,17-18,23,31,36-37,42-43,47,62H,12,14,16,21-22,24-30,32-35H2,1-11H3,(H,61,70)/t37-,42-,43-,47-,55+/m0/s1. The van der Waals surface area contributed by atoms with Gasteiger partial charge in [-0.15, -0.1) is 0 Å². The number of pyridine rings is 1. The maximum Gasteiger partial charge on any atom is 0.406 e. The third-order valence-electron chi connectivity index (χ3n) is 15.7. The number of fused-ring (bicyclic) bond motifs is 1. The predicted molar refractivity (Wildman–Crippen MR) is 282 cm³/mol. The second kappa shape index (κ2) is 23.5. The molecule has 0 bridgehead atoms. The number of hydrazine groups is 1. The van der Waals surface area contributed by atoms with E-state index < -0.39 is 71.1 Å². The SMILES string of the molecule is CC[C@H](NC(=O)[C@H](C(C)C)N1CC[C@@]2(CCN(C(=O)C#CC(C)(C)N(C)C)C2)C1=O)C(=O)N1CCC[C@@H](C(=O)OCC(C)(C)Cc2c(-c3cccnc3[C@H](C)OC)n(CC(F)(F)F)c3ccc(N4CCOCC4)cc23)N1. The molecule has 0 aliphatic carbocycles. The Morgan fingerprint density at radius 2 is 1.72 bits per heavy atom. The Bertz CT molecular complexity index is 2690. The first-order valence-corrected chi connectivity index (χ1v) is 26.7. The first-order chi connectivity index (χ1) is 35.8. The van der Waals surface area contributed by atoms with Crippen LogP contribution >= 0.6 is 0 Å². The number of rotatable bonds is 17. The second-order valence-corrected chi connectivity index (χ2v) is 22.8. The van der Waals surface area contributed by atoms with Crippen molar-refractivity contribution in [3.8, 4) is 23.1 Å². The number of esters is 1. The topological polar surface area (TPSA) is 171 Å². The number of nitrogens with one attached hydrogen (secondary N) is 2. The molecule has 4 aliphatic rings. The minimum absolute atomic E-state index is 0.0981. The van der Waals surface area contributed by atoms with Crippen LogP contribution in [0.1, 0.15) is 105 Å². The van der Waals surface area contributed by atoms with E-state index in [1.54, 1.807) is 48.0 Å². The zero-order valence-corrected chi connectivity index (χ0v) is 46.2. The summed E-state index contributed by atoms with van der Waals surface area (Å²) in [4.78, 5) is 81.8. The molecule has 2 aromatic heterocycles. The number of hydrogen-bond donors (Lipinski definition) is 2. The molecule has 76 heavy (non-hydrogen) atoms. The molecule has 4 fully saturated rings. The van der Waals surface area contributed by atoms with Gasteiger partial charge in [-0.05, 0) is 121 Å². The number of likely N-dealkylation sites (tertiary alicyclic amines) is 2. The Morgan fingerprint density at radius 3 is 2.38 bits per heavy atom. The molecule has 4 saturated heterocycles. The Hall–Kier alpha value is -5.75. The number of anilines is 1. The van der Waals surface area contributed by atoms with Crippen LogP contribution in [-0.4, -0.2) is 169 Å². The molecule has 1 spiro atoms. The monoisotopic (exact) mass is 1060 g/mol. The summed E-state index contributed by atoms with van der Waals surface area (Å²) in [6, 6.07) is 6.24.